The van der Waals surface area contributed by atoms with E-state index in [1.807, 2.05) is 0 Å². The molecule has 1 aromatic carbocycles. The number of halogens is 1. The molecule has 0 aliphatic carbocycles. The lowest BCUT2D eigenvalue weighted by Crippen LogP contribution is -2.14. The van der Waals surface area contributed by atoms with Crippen LogP contribution in [0.5, 0.6) is 0 Å². The molecule has 2 N–H and O–H groups in total. The highest BCUT2D eigenvalue weighted by Crippen LogP contribution is 2.24. The van der Waals surface area contributed by atoms with Gasteiger partial charge in [0.1, 0.15) is 5.82 Å². The van der Waals surface area contributed by atoms with Gasteiger partial charge in [0.05, 0.1) is 17.2 Å². The first-order chi connectivity index (χ1) is 5.97. The standard InChI is InChI=1S/C10H11FN2/c1-10(2,6-12)7-3-4-8(11)9(13)5-7/h3-5H,13H2,1-2H3. The van der Waals surface area contributed by atoms with Crippen molar-refractivity contribution in [3.8, 4) is 6.07 Å². The SMILES string of the molecule is CC(C)(C#N)c1ccc(F)c(N)c1. The second kappa shape index (κ2) is 3.06. The van der Waals surface area contributed by atoms with Crippen LogP contribution in [0, 0.1) is 17.1 Å². The van der Waals surface area contributed by atoms with Crippen molar-refractivity contribution in [2.24, 2.45) is 0 Å². The molecular weight excluding hydrogens is 167 g/mol. The molecule has 3 heteroatoms. The highest BCUT2D eigenvalue weighted by molar-refractivity contribution is 5.46. The maximum absolute atomic E-state index is 12.8. The summed E-state index contributed by atoms with van der Waals surface area (Å²) in [6.07, 6.45) is 0. The summed E-state index contributed by atoms with van der Waals surface area (Å²) >= 11 is 0. The molecule has 0 aliphatic heterocycles. The predicted molar refractivity (Wildman–Crippen MR) is 49.5 cm³/mol. The number of rotatable bonds is 1. The van der Waals surface area contributed by atoms with E-state index in [0.717, 1.165) is 5.56 Å². The summed E-state index contributed by atoms with van der Waals surface area (Å²) in [4.78, 5) is 0. The Bertz CT molecular complexity index is 364. The third kappa shape index (κ3) is 1.78. The molecule has 1 rings (SSSR count). The minimum Gasteiger partial charge on any atom is -0.396 e. The van der Waals surface area contributed by atoms with Crippen LogP contribution in [0.2, 0.25) is 0 Å². The lowest BCUT2D eigenvalue weighted by molar-refractivity contribution is 0.626. The molecule has 0 aromatic heterocycles. The van der Waals surface area contributed by atoms with E-state index in [1.54, 1.807) is 19.9 Å². The molecule has 0 bridgehead atoms. The summed E-state index contributed by atoms with van der Waals surface area (Å²) in [6.45, 7) is 3.53. The number of nitrogen functional groups attached to an aromatic ring is 1. The smallest absolute Gasteiger partial charge is 0.146 e. The van der Waals surface area contributed by atoms with E-state index in [9.17, 15) is 4.39 Å². The molecule has 0 radical (unpaired) electrons. The topological polar surface area (TPSA) is 49.8 Å². The third-order valence-electron chi connectivity index (χ3n) is 2.00. The minimum atomic E-state index is -0.623. The number of hydrogen-bond acceptors (Lipinski definition) is 2. The van der Waals surface area contributed by atoms with Gasteiger partial charge in [-0.25, -0.2) is 4.39 Å². The Hall–Kier alpha value is -1.56. The highest BCUT2D eigenvalue weighted by atomic mass is 19.1. The van der Waals surface area contributed by atoms with Crippen molar-refractivity contribution in [2.45, 2.75) is 19.3 Å². The molecule has 0 unspecified atom stereocenters. The predicted octanol–water partition coefficient (Wildman–Crippen LogP) is 2.21. The van der Waals surface area contributed by atoms with Crippen LogP contribution in [-0.2, 0) is 5.41 Å². The van der Waals surface area contributed by atoms with Crippen LogP contribution in [0.3, 0.4) is 0 Å². The van der Waals surface area contributed by atoms with Crippen molar-refractivity contribution in [2.75, 3.05) is 5.73 Å². The van der Waals surface area contributed by atoms with Gasteiger partial charge in [0.2, 0.25) is 0 Å². The number of benzene rings is 1. The van der Waals surface area contributed by atoms with E-state index in [2.05, 4.69) is 6.07 Å². The van der Waals surface area contributed by atoms with E-state index < -0.39 is 11.2 Å². The maximum Gasteiger partial charge on any atom is 0.146 e. The zero-order valence-corrected chi connectivity index (χ0v) is 7.63. The number of nitrogens with zero attached hydrogens (tertiary/aromatic N) is 1. The summed E-state index contributed by atoms with van der Waals surface area (Å²) in [5.74, 6) is -0.447. The molecule has 0 aliphatic rings. The fraction of sp³-hybridized carbons (Fsp3) is 0.300. The van der Waals surface area contributed by atoms with Gasteiger partial charge in [0.25, 0.3) is 0 Å². The van der Waals surface area contributed by atoms with Crippen molar-refractivity contribution in [1.29, 1.82) is 5.26 Å². The average Bonchev–Trinajstić information content (AvgIpc) is 2.09. The lowest BCUT2D eigenvalue weighted by Gasteiger charge is -2.15. The second-order valence-electron chi connectivity index (χ2n) is 3.47. The van der Waals surface area contributed by atoms with E-state index in [4.69, 9.17) is 11.0 Å². The molecule has 0 heterocycles. The largest absolute Gasteiger partial charge is 0.396 e. The molecule has 0 saturated carbocycles. The number of hydrogen-bond donors (Lipinski definition) is 1. The Labute approximate surface area is 76.8 Å². The first-order valence-corrected chi connectivity index (χ1v) is 3.94. The third-order valence-corrected chi connectivity index (χ3v) is 2.00. The molecule has 0 spiro atoms. The van der Waals surface area contributed by atoms with Crippen LogP contribution < -0.4 is 5.73 Å². The number of nitrogens with two attached hydrogens (primary N) is 1. The normalized spacial score (nSPS) is 10.9. The molecule has 0 atom stereocenters. The van der Waals surface area contributed by atoms with Crippen molar-refractivity contribution >= 4 is 5.69 Å². The van der Waals surface area contributed by atoms with Gasteiger partial charge in [-0.05, 0) is 31.5 Å². The summed E-state index contributed by atoms with van der Waals surface area (Å²) in [7, 11) is 0. The molecule has 13 heavy (non-hydrogen) atoms. The Balaban J connectivity index is 3.20. The zero-order chi connectivity index (χ0) is 10.1. The zero-order valence-electron chi connectivity index (χ0n) is 7.63. The van der Waals surface area contributed by atoms with Crippen LogP contribution >= 0.6 is 0 Å². The lowest BCUT2D eigenvalue weighted by atomic mass is 9.86. The minimum absolute atomic E-state index is 0.0841. The summed E-state index contributed by atoms with van der Waals surface area (Å²) < 4.78 is 12.8. The van der Waals surface area contributed by atoms with Gasteiger partial charge in [-0.2, -0.15) is 5.26 Å². The van der Waals surface area contributed by atoms with Gasteiger partial charge in [-0.15, -0.1) is 0 Å². The van der Waals surface area contributed by atoms with Crippen LogP contribution in [-0.4, -0.2) is 0 Å². The molecular formula is C10H11FN2. The monoisotopic (exact) mass is 178 g/mol. The van der Waals surface area contributed by atoms with E-state index in [1.165, 1.54) is 12.1 Å². The maximum atomic E-state index is 12.8. The Morgan fingerprint density at radius 2 is 2.08 bits per heavy atom. The van der Waals surface area contributed by atoms with E-state index >= 15 is 0 Å². The molecule has 2 nitrogen and oxygen atoms in total. The molecule has 0 fully saturated rings. The van der Waals surface area contributed by atoms with Crippen molar-refractivity contribution < 1.29 is 4.39 Å². The first kappa shape index (κ1) is 9.53. The summed E-state index contributed by atoms with van der Waals surface area (Å²) in [5, 5.41) is 8.82. The van der Waals surface area contributed by atoms with Gasteiger partial charge in [0.15, 0.2) is 0 Å². The fourth-order valence-electron chi connectivity index (χ4n) is 0.997. The second-order valence-corrected chi connectivity index (χ2v) is 3.47. The van der Waals surface area contributed by atoms with Crippen molar-refractivity contribution in [3.05, 3.63) is 29.6 Å². The van der Waals surface area contributed by atoms with Gasteiger partial charge < -0.3 is 5.73 Å². The van der Waals surface area contributed by atoms with E-state index in [-0.39, 0.29) is 5.69 Å². The van der Waals surface area contributed by atoms with Crippen LogP contribution in [0.15, 0.2) is 18.2 Å². The number of anilines is 1. The van der Waals surface area contributed by atoms with E-state index in [0.29, 0.717) is 0 Å². The molecule has 1 aromatic rings. The van der Waals surface area contributed by atoms with Crippen LogP contribution in [0.4, 0.5) is 10.1 Å². The average molecular weight is 178 g/mol. The summed E-state index contributed by atoms with van der Waals surface area (Å²) in [6, 6.07) is 6.48. The number of nitriles is 1. The molecule has 68 valence electrons. The van der Waals surface area contributed by atoms with Gasteiger partial charge in [-0.1, -0.05) is 6.07 Å². The highest BCUT2D eigenvalue weighted by Gasteiger charge is 2.20. The van der Waals surface area contributed by atoms with Gasteiger partial charge >= 0.3 is 0 Å². The fourth-order valence-corrected chi connectivity index (χ4v) is 0.997. The molecule has 0 saturated heterocycles. The Morgan fingerprint density at radius 1 is 1.46 bits per heavy atom. The summed E-state index contributed by atoms with van der Waals surface area (Å²) in [5.41, 5.74) is 5.58. The Kier molecular flexibility index (Phi) is 2.24. The Morgan fingerprint density at radius 3 is 2.54 bits per heavy atom. The molecule has 0 amide bonds. The first-order valence-electron chi connectivity index (χ1n) is 3.94. The van der Waals surface area contributed by atoms with Crippen LogP contribution in [0.25, 0.3) is 0 Å². The van der Waals surface area contributed by atoms with Gasteiger partial charge in [0, 0.05) is 0 Å². The van der Waals surface area contributed by atoms with Crippen molar-refractivity contribution in [1.82, 2.24) is 0 Å². The quantitative estimate of drug-likeness (QED) is 0.670. The van der Waals surface area contributed by atoms with Crippen LogP contribution in [0.1, 0.15) is 19.4 Å². The van der Waals surface area contributed by atoms with Gasteiger partial charge in [-0.3, -0.25) is 0 Å². The van der Waals surface area contributed by atoms with Crippen molar-refractivity contribution in [3.63, 3.8) is 0 Å².